The highest BCUT2D eigenvalue weighted by Gasteiger charge is 2.35. The third kappa shape index (κ3) is 3.82. The van der Waals surface area contributed by atoms with E-state index in [4.69, 9.17) is 0 Å². The van der Waals surface area contributed by atoms with E-state index in [0.29, 0.717) is 13.1 Å². The molecule has 6 heteroatoms. The average Bonchev–Trinajstić information content (AvgIpc) is 2.98. The molecule has 124 valence electrons. The first-order valence-corrected chi connectivity index (χ1v) is 8.66. The smallest absolute Gasteiger partial charge is 0.227 e. The van der Waals surface area contributed by atoms with Gasteiger partial charge in [-0.3, -0.25) is 14.6 Å². The standard InChI is InChI=1S/C18H18BrN3O2/c19-15-5-1-2-6-16(15)22-12-14(10-17(22)23)18(24)21-9-7-13-4-3-8-20-11-13/h1-6,8,11,14H,7,9-10,12H2,(H,21,24)/t14-/m1/s1. The van der Waals surface area contributed by atoms with Gasteiger partial charge >= 0.3 is 0 Å². The van der Waals surface area contributed by atoms with E-state index in [1.807, 2.05) is 36.4 Å². The van der Waals surface area contributed by atoms with Gasteiger partial charge in [0.1, 0.15) is 0 Å². The van der Waals surface area contributed by atoms with Gasteiger partial charge in [-0.05, 0) is 46.1 Å². The van der Waals surface area contributed by atoms with Crippen LogP contribution in [0.2, 0.25) is 0 Å². The Morgan fingerprint density at radius 2 is 2.12 bits per heavy atom. The molecule has 0 unspecified atom stereocenters. The number of hydrogen-bond acceptors (Lipinski definition) is 3. The Bertz CT molecular complexity index is 736. The fraction of sp³-hybridized carbons (Fsp3) is 0.278. The summed E-state index contributed by atoms with van der Waals surface area (Å²) in [7, 11) is 0. The third-order valence-corrected chi connectivity index (χ3v) is 4.75. The van der Waals surface area contributed by atoms with Gasteiger partial charge in [-0.1, -0.05) is 18.2 Å². The lowest BCUT2D eigenvalue weighted by Gasteiger charge is -2.18. The van der Waals surface area contributed by atoms with Gasteiger partial charge in [0, 0.05) is 36.4 Å². The maximum atomic E-state index is 12.3. The largest absolute Gasteiger partial charge is 0.355 e. The summed E-state index contributed by atoms with van der Waals surface area (Å²) in [6, 6.07) is 11.4. The van der Waals surface area contributed by atoms with Crippen molar-refractivity contribution in [2.45, 2.75) is 12.8 Å². The van der Waals surface area contributed by atoms with E-state index in [1.165, 1.54) is 0 Å². The molecule has 24 heavy (non-hydrogen) atoms. The van der Waals surface area contributed by atoms with Crippen LogP contribution in [0.25, 0.3) is 0 Å². The van der Waals surface area contributed by atoms with Crippen LogP contribution in [0, 0.1) is 5.92 Å². The van der Waals surface area contributed by atoms with E-state index in [-0.39, 0.29) is 24.2 Å². The molecule has 2 aromatic rings. The molecule has 2 heterocycles. The van der Waals surface area contributed by atoms with Crippen LogP contribution in [0.4, 0.5) is 5.69 Å². The molecule has 0 saturated carbocycles. The molecule has 0 aliphatic carbocycles. The highest BCUT2D eigenvalue weighted by molar-refractivity contribution is 9.10. The molecule has 1 aromatic heterocycles. The highest BCUT2D eigenvalue weighted by Crippen LogP contribution is 2.31. The Balaban J connectivity index is 1.55. The second-order valence-electron chi connectivity index (χ2n) is 5.76. The van der Waals surface area contributed by atoms with E-state index in [9.17, 15) is 9.59 Å². The van der Waals surface area contributed by atoms with Gasteiger partial charge in [0.15, 0.2) is 0 Å². The van der Waals surface area contributed by atoms with Crippen molar-refractivity contribution in [2.75, 3.05) is 18.0 Å². The number of nitrogens with zero attached hydrogens (tertiary/aromatic N) is 2. The fourth-order valence-corrected chi connectivity index (χ4v) is 3.31. The number of rotatable bonds is 5. The Hall–Kier alpha value is -2.21. The Morgan fingerprint density at radius 3 is 2.88 bits per heavy atom. The Morgan fingerprint density at radius 1 is 1.29 bits per heavy atom. The van der Waals surface area contributed by atoms with Crippen LogP contribution in [0.5, 0.6) is 0 Å². The van der Waals surface area contributed by atoms with Crippen LogP contribution in [0.3, 0.4) is 0 Å². The molecular weight excluding hydrogens is 370 g/mol. The van der Waals surface area contributed by atoms with Crippen LogP contribution in [-0.2, 0) is 16.0 Å². The summed E-state index contributed by atoms with van der Waals surface area (Å²) < 4.78 is 0.857. The molecule has 0 radical (unpaired) electrons. The SMILES string of the molecule is O=C(NCCc1cccnc1)[C@@H]1CC(=O)N(c2ccccc2Br)C1. The number of carbonyl (C=O) groups is 2. The van der Waals surface area contributed by atoms with Gasteiger partial charge in [-0.25, -0.2) is 0 Å². The average molecular weight is 388 g/mol. The molecule has 1 aliphatic heterocycles. The number of para-hydroxylation sites is 1. The first-order chi connectivity index (χ1) is 11.6. The lowest BCUT2D eigenvalue weighted by atomic mass is 10.1. The molecule has 1 atom stereocenters. The summed E-state index contributed by atoms with van der Waals surface area (Å²) >= 11 is 3.46. The Labute approximate surface area is 149 Å². The van der Waals surface area contributed by atoms with E-state index in [2.05, 4.69) is 26.2 Å². The zero-order valence-electron chi connectivity index (χ0n) is 13.1. The minimum Gasteiger partial charge on any atom is -0.355 e. The molecule has 1 aliphatic rings. The van der Waals surface area contributed by atoms with Crippen LogP contribution in [-0.4, -0.2) is 29.9 Å². The van der Waals surface area contributed by atoms with Gasteiger partial charge in [0.05, 0.1) is 11.6 Å². The van der Waals surface area contributed by atoms with E-state index in [1.54, 1.807) is 17.3 Å². The zero-order valence-corrected chi connectivity index (χ0v) is 14.7. The fourth-order valence-electron chi connectivity index (χ4n) is 2.81. The summed E-state index contributed by atoms with van der Waals surface area (Å²) in [5, 5.41) is 2.92. The number of benzene rings is 1. The normalized spacial score (nSPS) is 17.1. The first kappa shape index (κ1) is 16.6. The summed E-state index contributed by atoms with van der Waals surface area (Å²) in [5.41, 5.74) is 1.89. The van der Waals surface area contributed by atoms with Gasteiger partial charge in [0.25, 0.3) is 0 Å². The van der Waals surface area contributed by atoms with E-state index >= 15 is 0 Å². The predicted molar refractivity (Wildman–Crippen MR) is 95.6 cm³/mol. The summed E-state index contributed by atoms with van der Waals surface area (Å²) in [4.78, 5) is 30.3. The molecule has 3 rings (SSSR count). The van der Waals surface area contributed by atoms with Crippen molar-refractivity contribution in [3.63, 3.8) is 0 Å². The van der Waals surface area contributed by atoms with Crippen LogP contribution < -0.4 is 10.2 Å². The lowest BCUT2D eigenvalue weighted by molar-refractivity contribution is -0.126. The highest BCUT2D eigenvalue weighted by atomic mass is 79.9. The third-order valence-electron chi connectivity index (χ3n) is 4.07. The van der Waals surface area contributed by atoms with Crippen molar-refractivity contribution < 1.29 is 9.59 Å². The number of aromatic nitrogens is 1. The van der Waals surface area contributed by atoms with Crippen molar-refractivity contribution >= 4 is 33.4 Å². The minimum atomic E-state index is -0.307. The molecule has 1 N–H and O–H groups in total. The van der Waals surface area contributed by atoms with Gasteiger partial charge in [-0.15, -0.1) is 0 Å². The maximum absolute atomic E-state index is 12.3. The van der Waals surface area contributed by atoms with Gasteiger partial charge in [-0.2, -0.15) is 0 Å². The van der Waals surface area contributed by atoms with Crippen molar-refractivity contribution in [3.8, 4) is 0 Å². The summed E-state index contributed by atoms with van der Waals surface area (Å²) in [5.74, 6) is -0.394. The van der Waals surface area contributed by atoms with Crippen LogP contribution in [0.1, 0.15) is 12.0 Å². The number of hydrogen-bond donors (Lipinski definition) is 1. The molecule has 0 bridgehead atoms. The second kappa shape index (κ2) is 7.57. The predicted octanol–water partition coefficient (Wildman–Crippen LogP) is 2.56. The molecule has 1 saturated heterocycles. The number of nitrogens with one attached hydrogen (secondary N) is 1. The van der Waals surface area contributed by atoms with Gasteiger partial charge in [0.2, 0.25) is 11.8 Å². The minimum absolute atomic E-state index is 0.0192. The zero-order chi connectivity index (χ0) is 16.9. The van der Waals surface area contributed by atoms with Crippen molar-refractivity contribution in [1.29, 1.82) is 0 Å². The monoisotopic (exact) mass is 387 g/mol. The molecule has 5 nitrogen and oxygen atoms in total. The molecule has 1 fully saturated rings. The van der Waals surface area contributed by atoms with Crippen LogP contribution >= 0.6 is 15.9 Å². The van der Waals surface area contributed by atoms with Crippen molar-refractivity contribution in [2.24, 2.45) is 5.92 Å². The van der Waals surface area contributed by atoms with E-state index < -0.39 is 0 Å². The molecule has 0 spiro atoms. The van der Waals surface area contributed by atoms with Gasteiger partial charge < -0.3 is 10.2 Å². The Kier molecular flexibility index (Phi) is 5.25. The number of amides is 2. The number of halogens is 1. The summed E-state index contributed by atoms with van der Waals surface area (Å²) in [6.45, 7) is 0.963. The van der Waals surface area contributed by atoms with E-state index in [0.717, 1.165) is 22.1 Å². The molecule has 2 amide bonds. The molecular formula is C18H18BrN3O2. The second-order valence-corrected chi connectivity index (χ2v) is 6.61. The lowest BCUT2D eigenvalue weighted by Crippen LogP contribution is -2.34. The number of anilines is 1. The first-order valence-electron chi connectivity index (χ1n) is 7.86. The van der Waals surface area contributed by atoms with Crippen molar-refractivity contribution in [3.05, 3.63) is 58.8 Å². The maximum Gasteiger partial charge on any atom is 0.227 e. The number of carbonyl (C=O) groups excluding carboxylic acids is 2. The quantitative estimate of drug-likeness (QED) is 0.857. The number of pyridine rings is 1. The van der Waals surface area contributed by atoms with Crippen LogP contribution in [0.15, 0.2) is 53.3 Å². The topological polar surface area (TPSA) is 62.3 Å². The van der Waals surface area contributed by atoms with Crippen molar-refractivity contribution in [1.82, 2.24) is 10.3 Å². The summed E-state index contributed by atoms with van der Waals surface area (Å²) in [6.07, 6.45) is 4.50. The molecule has 1 aromatic carbocycles.